The van der Waals surface area contributed by atoms with Crippen LogP contribution < -0.4 is 4.74 Å². The van der Waals surface area contributed by atoms with Gasteiger partial charge in [0.2, 0.25) is 0 Å². The van der Waals surface area contributed by atoms with Crippen molar-refractivity contribution in [3.63, 3.8) is 0 Å². The molecule has 0 atom stereocenters. The number of aromatic nitrogens is 2. The van der Waals surface area contributed by atoms with E-state index in [-0.39, 0.29) is 5.75 Å². The largest absolute Gasteiger partial charge is 0.504 e. The molecule has 1 heterocycles. The summed E-state index contributed by atoms with van der Waals surface area (Å²) in [6.07, 6.45) is 3.43. The van der Waals surface area contributed by atoms with Crippen molar-refractivity contribution in [2.24, 2.45) is 7.05 Å². The second-order valence-corrected chi connectivity index (χ2v) is 4.09. The van der Waals surface area contributed by atoms with Crippen molar-refractivity contribution in [3.8, 4) is 17.5 Å². The van der Waals surface area contributed by atoms with Crippen molar-refractivity contribution in [3.05, 3.63) is 48.8 Å². The summed E-state index contributed by atoms with van der Waals surface area (Å²) in [5, 5.41) is 11.9. The third-order valence-corrected chi connectivity index (χ3v) is 2.81. The first kappa shape index (κ1) is 10.7. The van der Waals surface area contributed by atoms with E-state index in [4.69, 9.17) is 4.74 Å². The van der Waals surface area contributed by atoms with E-state index in [9.17, 15) is 5.11 Å². The normalized spacial score (nSPS) is 10.7. The number of rotatable bonds is 2. The van der Waals surface area contributed by atoms with Gasteiger partial charge in [-0.2, -0.15) is 0 Å². The van der Waals surface area contributed by atoms with Crippen LogP contribution in [0.5, 0.6) is 17.5 Å². The number of hydrogen-bond donors (Lipinski definition) is 1. The van der Waals surface area contributed by atoms with Crippen LogP contribution in [0.1, 0.15) is 0 Å². The predicted molar refractivity (Wildman–Crippen MR) is 68.9 cm³/mol. The van der Waals surface area contributed by atoms with Crippen molar-refractivity contribution < 1.29 is 9.84 Å². The molecule has 0 aliphatic heterocycles. The maximum atomic E-state index is 9.94. The van der Waals surface area contributed by atoms with Gasteiger partial charge in [-0.1, -0.05) is 24.3 Å². The predicted octanol–water partition coefficient (Wildman–Crippen LogP) is 3.07. The van der Waals surface area contributed by atoms with E-state index in [1.807, 2.05) is 31.3 Å². The molecular weight excluding hydrogens is 228 g/mol. The van der Waals surface area contributed by atoms with E-state index in [2.05, 4.69) is 4.98 Å². The maximum absolute atomic E-state index is 9.94. The molecule has 0 aliphatic carbocycles. The molecule has 4 nitrogen and oxygen atoms in total. The Morgan fingerprint density at radius 2 is 1.89 bits per heavy atom. The van der Waals surface area contributed by atoms with E-state index in [0.717, 1.165) is 10.8 Å². The monoisotopic (exact) mass is 240 g/mol. The Morgan fingerprint density at radius 3 is 2.56 bits per heavy atom. The van der Waals surface area contributed by atoms with Crippen LogP contribution in [0.25, 0.3) is 10.8 Å². The lowest BCUT2D eigenvalue weighted by Gasteiger charge is -2.08. The molecule has 0 spiro atoms. The Balaban J connectivity index is 2.06. The first-order chi connectivity index (χ1) is 8.74. The quantitative estimate of drug-likeness (QED) is 0.748. The zero-order valence-electron chi connectivity index (χ0n) is 9.87. The van der Waals surface area contributed by atoms with E-state index in [1.54, 1.807) is 29.1 Å². The van der Waals surface area contributed by atoms with Gasteiger partial charge in [0, 0.05) is 19.4 Å². The highest BCUT2D eigenvalue weighted by Gasteiger charge is 2.08. The number of aromatic hydroxyl groups is 1. The van der Waals surface area contributed by atoms with E-state index in [0.29, 0.717) is 11.8 Å². The second kappa shape index (κ2) is 4.07. The number of phenols is 1. The van der Waals surface area contributed by atoms with Gasteiger partial charge >= 0.3 is 6.01 Å². The zero-order valence-corrected chi connectivity index (χ0v) is 9.87. The number of aryl methyl sites for hydroxylation is 1. The third kappa shape index (κ3) is 1.78. The van der Waals surface area contributed by atoms with E-state index >= 15 is 0 Å². The molecule has 18 heavy (non-hydrogen) atoms. The van der Waals surface area contributed by atoms with Crippen LogP contribution in [0.15, 0.2) is 48.8 Å². The topological polar surface area (TPSA) is 47.3 Å². The summed E-state index contributed by atoms with van der Waals surface area (Å²) in [5.41, 5.74) is 0. The number of benzene rings is 2. The fourth-order valence-electron chi connectivity index (χ4n) is 1.84. The van der Waals surface area contributed by atoms with Crippen molar-refractivity contribution in [2.45, 2.75) is 0 Å². The number of nitrogens with zero attached hydrogens (tertiary/aromatic N) is 2. The number of hydrogen-bond acceptors (Lipinski definition) is 3. The smallest absolute Gasteiger partial charge is 0.301 e. The molecule has 1 N–H and O–H groups in total. The summed E-state index contributed by atoms with van der Waals surface area (Å²) in [7, 11) is 1.83. The van der Waals surface area contributed by atoms with Crippen molar-refractivity contribution >= 4 is 10.8 Å². The zero-order chi connectivity index (χ0) is 12.5. The highest BCUT2D eigenvalue weighted by molar-refractivity contribution is 5.85. The number of phenolic OH excluding ortho intramolecular Hbond substituents is 1. The van der Waals surface area contributed by atoms with Crippen LogP contribution >= 0.6 is 0 Å². The number of imidazole rings is 1. The molecule has 0 saturated carbocycles. The van der Waals surface area contributed by atoms with Gasteiger partial charge in [-0.25, -0.2) is 4.98 Å². The van der Waals surface area contributed by atoms with Gasteiger partial charge in [-0.15, -0.1) is 0 Å². The Morgan fingerprint density at radius 1 is 1.17 bits per heavy atom. The Kier molecular flexibility index (Phi) is 2.41. The standard InChI is InChI=1S/C14H12N2O2/c1-16-7-6-15-14(16)18-13-9-11-5-3-2-4-10(11)8-12(13)17/h2-9,17H,1H3. The molecule has 0 radical (unpaired) electrons. The lowest BCUT2D eigenvalue weighted by Crippen LogP contribution is -1.93. The average molecular weight is 240 g/mol. The molecule has 3 rings (SSSR count). The molecule has 4 heteroatoms. The first-order valence-electron chi connectivity index (χ1n) is 5.61. The number of ether oxygens (including phenoxy) is 1. The molecule has 0 amide bonds. The Labute approximate surface area is 104 Å². The van der Waals surface area contributed by atoms with Gasteiger partial charge in [0.05, 0.1) is 0 Å². The SMILES string of the molecule is Cn1ccnc1Oc1cc2ccccc2cc1O. The molecule has 0 bridgehead atoms. The molecule has 90 valence electrons. The molecule has 1 aromatic heterocycles. The van der Waals surface area contributed by atoms with Crippen LogP contribution in [0.2, 0.25) is 0 Å². The van der Waals surface area contributed by atoms with Gasteiger partial charge < -0.3 is 14.4 Å². The van der Waals surface area contributed by atoms with Crippen LogP contribution in [0.3, 0.4) is 0 Å². The highest BCUT2D eigenvalue weighted by Crippen LogP contribution is 2.33. The van der Waals surface area contributed by atoms with Crippen LogP contribution in [-0.4, -0.2) is 14.7 Å². The minimum Gasteiger partial charge on any atom is -0.504 e. The summed E-state index contributed by atoms with van der Waals surface area (Å²) >= 11 is 0. The lowest BCUT2D eigenvalue weighted by molar-refractivity contribution is 0.384. The lowest BCUT2D eigenvalue weighted by atomic mass is 10.1. The Bertz CT molecular complexity index is 704. The summed E-state index contributed by atoms with van der Waals surface area (Å²) in [6, 6.07) is 11.7. The van der Waals surface area contributed by atoms with Gasteiger partial charge in [0.1, 0.15) is 0 Å². The van der Waals surface area contributed by atoms with Crippen molar-refractivity contribution in [1.29, 1.82) is 0 Å². The first-order valence-corrected chi connectivity index (χ1v) is 5.61. The van der Waals surface area contributed by atoms with Gasteiger partial charge in [-0.3, -0.25) is 0 Å². The summed E-state index contributed by atoms with van der Waals surface area (Å²) in [4.78, 5) is 4.06. The minimum atomic E-state index is 0.108. The van der Waals surface area contributed by atoms with Crippen molar-refractivity contribution in [2.75, 3.05) is 0 Å². The second-order valence-electron chi connectivity index (χ2n) is 4.09. The van der Waals surface area contributed by atoms with Gasteiger partial charge in [0.25, 0.3) is 0 Å². The number of fused-ring (bicyclic) bond motifs is 1. The molecule has 3 aromatic rings. The molecule has 0 fully saturated rings. The maximum Gasteiger partial charge on any atom is 0.301 e. The Hall–Kier alpha value is -2.49. The van der Waals surface area contributed by atoms with Crippen LogP contribution in [0, 0.1) is 0 Å². The molecular formula is C14H12N2O2. The average Bonchev–Trinajstić information content (AvgIpc) is 2.76. The summed E-state index contributed by atoms with van der Waals surface area (Å²) in [5.74, 6) is 0.514. The van der Waals surface area contributed by atoms with Gasteiger partial charge in [0.15, 0.2) is 11.5 Å². The summed E-state index contributed by atoms with van der Waals surface area (Å²) < 4.78 is 7.33. The van der Waals surface area contributed by atoms with Crippen molar-refractivity contribution in [1.82, 2.24) is 9.55 Å². The molecule has 0 aliphatic rings. The molecule has 0 unspecified atom stereocenters. The van der Waals surface area contributed by atoms with Gasteiger partial charge in [-0.05, 0) is 22.9 Å². The van der Waals surface area contributed by atoms with E-state index in [1.165, 1.54) is 0 Å². The third-order valence-electron chi connectivity index (χ3n) is 2.81. The van der Waals surface area contributed by atoms with E-state index < -0.39 is 0 Å². The molecule has 2 aromatic carbocycles. The highest BCUT2D eigenvalue weighted by atomic mass is 16.5. The fourth-order valence-corrected chi connectivity index (χ4v) is 1.84. The fraction of sp³-hybridized carbons (Fsp3) is 0.0714. The summed E-state index contributed by atoms with van der Waals surface area (Å²) in [6.45, 7) is 0. The molecule has 0 saturated heterocycles. The minimum absolute atomic E-state index is 0.108. The van der Waals surface area contributed by atoms with Crippen LogP contribution in [-0.2, 0) is 7.05 Å². The van der Waals surface area contributed by atoms with Crippen LogP contribution in [0.4, 0.5) is 0 Å².